The van der Waals surface area contributed by atoms with Crippen molar-refractivity contribution in [3.8, 4) is 5.75 Å². The number of nitrogens with two attached hydrogens (primary N) is 1. The van der Waals surface area contributed by atoms with Gasteiger partial charge in [-0.05, 0) is 30.7 Å². The topological polar surface area (TPSA) is 41.7 Å². The van der Waals surface area contributed by atoms with Crippen LogP contribution in [0.3, 0.4) is 0 Å². The highest BCUT2D eigenvalue weighted by atomic mass is 19.3. The number of alkyl halides is 2. The Bertz CT molecular complexity index is 583. The third-order valence-electron chi connectivity index (χ3n) is 3.29. The first-order valence-electron chi connectivity index (χ1n) is 6.55. The van der Waals surface area contributed by atoms with Crippen LogP contribution in [0.2, 0.25) is 0 Å². The Morgan fingerprint density at radius 2 is 2.05 bits per heavy atom. The van der Waals surface area contributed by atoms with E-state index in [1.165, 1.54) is 0 Å². The van der Waals surface area contributed by atoms with Crippen molar-refractivity contribution in [3.05, 3.63) is 41.7 Å². The molecule has 0 spiro atoms. The standard InChI is InChI=1S/C15H19F2N3O/c1-10-8-12(18)14(21-15(16)17)9-13(10)20-6-4-11(5-7-20)19(2)3/h4-6,8-9,15H,7,18H2,1-3H3. The highest BCUT2D eigenvalue weighted by Crippen LogP contribution is 2.33. The molecule has 0 bridgehead atoms. The van der Waals surface area contributed by atoms with E-state index in [2.05, 4.69) is 10.8 Å². The van der Waals surface area contributed by atoms with Crippen molar-refractivity contribution in [3.63, 3.8) is 0 Å². The normalized spacial score (nSPS) is 14.4. The zero-order valence-electron chi connectivity index (χ0n) is 12.3. The van der Waals surface area contributed by atoms with Crippen molar-refractivity contribution in [1.82, 2.24) is 4.90 Å². The van der Waals surface area contributed by atoms with Crippen LogP contribution in [0.5, 0.6) is 5.75 Å². The van der Waals surface area contributed by atoms with E-state index >= 15 is 0 Å². The summed E-state index contributed by atoms with van der Waals surface area (Å²) in [6.45, 7) is -0.347. The van der Waals surface area contributed by atoms with Crippen molar-refractivity contribution in [2.24, 2.45) is 0 Å². The first-order valence-corrected chi connectivity index (χ1v) is 6.55. The first kappa shape index (κ1) is 15.2. The summed E-state index contributed by atoms with van der Waals surface area (Å²) in [5, 5.41) is 0. The number of benzene rings is 1. The number of nitrogens with zero attached hydrogens (tertiary/aromatic N) is 2. The Kier molecular flexibility index (Phi) is 4.35. The van der Waals surface area contributed by atoms with E-state index in [0.717, 1.165) is 16.9 Å². The minimum Gasteiger partial charge on any atom is -0.433 e. The highest BCUT2D eigenvalue weighted by molar-refractivity contribution is 5.68. The molecule has 0 radical (unpaired) electrons. The zero-order chi connectivity index (χ0) is 15.6. The molecule has 1 aromatic rings. The minimum absolute atomic E-state index is 0.00128. The maximum atomic E-state index is 12.4. The molecule has 6 heteroatoms. The Hall–Kier alpha value is -2.24. The van der Waals surface area contributed by atoms with Crippen molar-refractivity contribution >= 4 is 11.4 Å². The van der Waals surface area contributed by atoms with Gasteiger partial charge in [0.1, 0.15) is 0 Å². The summed E-state index contributed by atoms with van der Waals surface area (Å²) in [6, 6.07) is 3.20. The molecule has 0 saturated heterocycles. The summed E-state index contributed by atoms with van der Waals surface area (Å²) >= 11 is 0. The van der Waals surface area contributed by atoms with E-state index in [4.69, 9.17) is 5.73 Å². The molecule has 4 nitrogen and oxygen atoms in total. The van der Waals surface area contributed by atoms with Gasteiger partial charge in [0.2, 0.25) is 0 Å². The second-order valence-electron chi connectivity index (χ2n) is 5.05. The molecule has 1 aliphatic rings. The number of halogens is 2. The minimum atomic E-state index is -2.89. The molecular weight excluding hydrogens is 276 g/mol. The number of rotatable bonds is 4. The molecular formula is C15H19F2N3O. The van der Waals surface area contributed by atoms with Crippen LogP contribution in [-0.4, -0.2) is 32.2 Å². The number of hydrogen-bond donors (Lipinski definition) is 1. The number of hydrogen-bond acceptors (Lipinski definition) is 4. The summed E-state index contributed by atoms with van der Waals surface area (Å²) in [6.07, 6.45) is 5.94. The lowest BCUT2D eigenvalue weighted by atomic mass is 10.1. The largest absolute Gasteiger partial charge is 0.433 e. The third-order valence-corrected chi connectivity index (χ3v) is 3.29. The van der Waals surface area contributed by atoms with E-state index in [9.17, 15) is 8.78 Å². The molecule has 0 fully saturated rings. The molecule has 0 aromatic heterocycles. The lowest BCUT2D eigenvalue weighted by Crippen LogP contribution is -2.23. The van der Waals surface area contributed by atoms with Crippen molar-refractivity contribution in [2.75, 3.05) is 31.3 Å². The lowest BCUT2D eigenvalue weighted by Gasteiger charge is -2.27. The number of nitrogen functional groups attached to an aromatic ring is 1. The average molecular weight is 295 g/mol. The van der Waals surface area contributed by atoms with Crippen molar-refractivity contribution < 1.29 is 13.5 Å². The fourth-order valence-electron chi connectivity index (χ4n) is 2.20. The van der Waals surface area contributed by atoms with E-state index in [1.807, 2.05) is 43.1 Å². The van der Waals surface area contributed by atoms with Gasteiger partial charge in [0.15, 0.2) is 5.75 Å². The summed E-state index contributed by atoms with van der Waals surface area (Å²) < 4.78 is 29.2. The summed E-state index contributed by atoms with van der Waals surface area (Å²) in [4.78, 5) is 3.97. The maximum absolute atomic E-state index is 12.4. The van der Waals surface area contributed by atoms with Gasteiger partial charge in [-0.2, -0.15) is 8.78 Å². The highest BCUT2D eigenvalue weighted by Gasteiger charge is 2.15. The molecule has 0 amide bonds. The Labute approximate surface area is 123 Å². The van der Waals surface area contributed by atoms with Crippen LogP contribution in [0, 0.1) is 6.92 Å². The Morgan fingerprint density at radius 3 is 2.57 bits per heavy atom. The molecule has 1 heterocycles. The molecule has 1 aromatic carbocycles. The molecule has 114 valence electrons. The number of likely N-dealkylation sites (N-methyl/N-ethyl adjacent to an activating group) is 1. The first-order chi connectivity index (χ1) is 9.88. The number of aryl methyl sites for hydroxylation is 1. The number of ether oxygens (including phenoxy) is 1. The third kappa shape index (κ3) is 3.45. The average Bonchev–Trinajstić information content (AvgIpc) is 2.41. The van der Waals surface area contributed by atoms with Crippen LogP contribution < -0.4 is 15.4 Å². The van der Waals surface area contributed by atoms with E-state index in [1.54, 1.807) is 12.1 Å². The van der Waals surface area contributed by atoms with Gasteiger partial charge < -0.3 is 20.3 Å². The second kappa shape index (κ2) is 6.03. The molecule has 21 heavy (non-hydrogen) atoms. The van der Waals surface area contributed by atoms with E-state index < -0.39 is 6.61 Å². The fourth-order valence-corrected chi connectivity index (χ4v) is 2.20. The maximum Gasteiger partial charge on any atom is 0.387 e. The van der Waals surface area contributed by atoms with Crippen LogP contribution in [0.15, 0.2) is 36.2 Å². The van der Waals surface area contributed by atoms with Gasteiger partial charge >= 0.3 is 6.61 Å². The van der Waals surface area contributed by atoms with Crippen LogP contribution in [0.4, 0.5) is 20.2 Å². The van der Waals surface area contributed by atoms with Gasteiger partial charge in [0, 0.05) is 44.3 Å². The van der Waals surface area contributed by atoms with E-state index in [0.29, 0.717) is 6.54 Å². The van der Waals surface area contributed by atoms with Gasteiger partial charge in [0.25, 0.3) is 0 Å². The van der Waals surface area contributed by atoms with Gasteiger partial charge in [-0.15, -0.1) is 0 Å². The Balaban J connectivity index is 2.27. The second-order valence-corrected chi connectivity index (χ2v) is 5.05. The van der Waals surface area contributed by atoms with Gasteiger partial charge in [-0.1, -0.05) is 0 Å². The monoisotopic (exact) mass is 295 g/mol. The quantitative estimate of drug-likeness (QED) is 0.867. The zero-order valence-corrected chi connectivity index (χ0v) is 12.3. The van der Waals surface area contributed by atoms with Gasteiger partial charge in [-0.25, -0.2) is 0 Å². The van der Waals surface area contributed by atoms with Crippen molar-refractivity contribution in [1.29, 1.82) is 0 Å². The van der Waals surface area contributed by atoms with Crippen LogP contribution in [0.25, 0.3) is 0 Å². The predicted molar refractivity (Wildman–Crippen MR) is 80.5 cm³/mol. The number of allylic oxidation sites excluding steroid dienone is 1. The lowest BCUT2D eigenvalue weighted by molar-refractivity contribution is -0.0493. The van der Waals surface area contributed by atoms with Gasteiger partial charge in [-0.3, -0.25) is 0 Å². The van der Waals surface area contributed by atoms with Crippen LogP contribution >= 0.6 is 0 Å². The summed E-state index contributed by atoms with van der Waals surface area (Å²) in [7, 11) is 3.93. The van der Waals surface area contributed by atoms with Crippen LogP contribution in [0.1, 0.15) is 5.56 Å². The Morgan fingerprint density at radius 1 is 1.33 bits per heavy atom. The molecule has 2 N–H and O–H groups in total. The van der Waals surface area contributed by atoms with Crippen LogP contribution in [-0.2, 0) is 0 Å². The SMILES string of the molecule is Cc1cc(N)c(OC(F)F)cc1N1C=CC(N(C)C)=CC1. The fraction of sp³-hybridized carbons (Fsp3) is 0.333. The smallest absolute Gasteiger partial charge is 0.387 e. The molecule has 0 aliphatic carbocycles. The van der Waals surface area contributed by atoms with Gasteiger partial charge in [0.05, 0.1) is 5.69 Å². The molecule has 2 rings (SSSR count). The molecule has 0 saturated carbocycles. The van der Waals surface area contributed by atoms with Crippen molar-refractivity contribution in [2.45, 2.75) is 13.5 Å². The predicted octanol–water partition coefficient (Wildman–Crippen LogP) is 2.96. The number of anilines is 2. The van der Waals surface area contributed by atoms with E-state index in [-0.39, 0.29) is 11.4 Å². The molecule has 0 atom stereocenters. The molecule has 0 unspecified atom stereocenters. The summed E-state index contributed by atoms with van der Waals surface area (Å²) in [5.74, 6) is 0.00128. The molecule has 1 aliphatic heterocycles. The summed E-state index contributed by atoms with van der Waals surface area (Å²) in [5.41, 5.74) is 8.73.